The van der Waals surface area contributed by atoms with Gasteiger partial charge in [-0.3, -0.25) is 14.1 Å². The maximum absolute atomic E-state index is 11.2. The fraction of sp³-hybridized carbons (Fsp3) is 0.778. The van der Waals surface area contributed by atoms with E-state index in [2.05, 4.69) is 0 Å². The van der Waals surface area contributed by atoms with E-state index in [9.17, 15) is 18.0 Å². The van der Waals surface area contributed by atoms with Gasteiger partial charge in [0.05, 0.1) is 0 Å². The summed E-state index contributed by atoms with van der Waals surface area (Å²) in [7, 11) is -4.84. The van der Waals surface area contributed by atoms with Gasteiger partial charge in [0, 0.05) is 6.42 Å². The molecule has 0 aromatic rings. The summed E-state index contributed by atoms with van der Waals surface area (Å²) in [4.78, 5) is 22.0. The predicted octanol–water partition coefficient (Wildman–Crippen LogP) is 0.723. The highest BCUT2D eigenvalue weighted by Gasteiger charge is 2.51. The maximum atomic E-state index is 11.2. The highest BCUT2D eigenvalue weighted by atomic mass is 32.2. The Morgan fingerprint density at radius 3 is 1.94 bits per heavy atom. The van der Waals surface area contributed by atoms with Crippen molar-refractivity contribution in [1.82, 2.24) is 0 Å². The molecule has 16 heavy (non-hydrogen) atoms. The second-order valence-corrected chi connectivity index (χ2v) is 5.98. The second kappa shape index (κ2) is 4.92. The monoisotopic (exact) mass is 252 g/mol. The van der Waals surface area contributed by atoms with Gasteiger partial charge in [0.1, 0.15) is 5.78 Å². The van der Waals surface area contributed by atoms with Crippen LogP contribution in [0.5, 0.6) is 0 Å². The van der Waals surface area contributed by atoms with Crippen LogP contribution in [-0.4, -0.2) is 34.6 Å². The molecule has 0 radical (unpaired) electrons. The van der Waals surface area contributed by atoms with Gasteiger partial charge in [0.15, 0.2) is 0 Å². The second-order valence-electron chi connectivity index (χ2n) is 4.25. The molecule has 94 valence electrons. The Bertz CT molecular complexity index is 383. The van der Waals surface area contributed by atoms with Gasteiger partial charge < -0.3 is 5.11 Å². The van der Waals surface area contributed by atoms with Crippen molar-refractivity contribution in [2.24, 2.45) is 5.92 Å². The van der Waals surface area contributed by atoms with Gasteiger partial charge in [-0.15, -0.1) is 0 Å². The average Bonchev–Trinajstić information content (AvgIpc) is 1.97. The summed E-state index contributed by atoms with van der Waals surface area (Å²) in [6.45, 7) is 4.31. The Labute approximate surface area is 94.4 Å². The Balaban J connectivity index is 5.59. The van der Waals surface area contributed by atoms with E-state index in [1.54, 1.807) is 13.8 Å². The number of aliphatic carboxylic acids is 1. The van der Waals surface area contributed by atoms with Crippen LogP contribution in [0.3, 0.4) is 0 Å². The summed E-state index contributed by atoms with van der Waals surface area (Å²) in [5.41, 5.74) is 0. The van der Waals surface area contributed by atoms with Crippen LogP contribution < -0.4 is 0 Å². The number of rotatable bonds is 6. The SMILES string of the molecule is CC(=O)CC(CC(C)C)(C(=O)O)S(=O)(=O)O. The standard InChI is InChI=1S/C9H16O6S/c1-6(2)4-9(8(11)12,5-7(3)10)16(13,14)15/h6H,4-5H2,1-3H3,(H,11,12)(H,13,14,15). The van der Waals surface area contributed by atoms with Crippen LogP contribution in [0.2, 0.25) is 0 Å². The number of carboxylic acids is 1. The minimum absolute atomic E-state index is 0.280. The first-order chi connectivity index (χ1) is 7.03. The smallest absolute Gasteiger partial charge is 0.328 e. The van der Waals surface area contributed by atoms with E-state index in [1.807, 2.05) is 0 Å². The Morgan fingerprint density at radius 1 is 1.31 bits per heavy atom. The number of hydrogen-bond acceptors (Lipinski definition) is 4. The molecule has 0 bridgehead atoms. The molecular formula is C9H16O6S. The quantitative estimate of drug-likeness (QED) is 0.674. The van der Waals surface area contributed by atoms with Crippen molar-refractivity contribution in [3.05, 3.63) is 0 Å². The van der Waals surface area contributed by atoms with E-state index in [0.29, 0.717) is 0 Å². The van der Waals surface area contributed by atoms with Crippen LogP contribution in [0.15, 0.2) is 0 Å². The lowest BCUT2D eigenvalue weighted by Crippen LogP contribution is -2.48. The van der Waals surface area contributed by atoms with Gasteiger partial charge in [-0.05, 0) is 19.3 Å². The largest absolute Gasteiger partial charge is 0.480 e. The molecule has 0 aliphatic heterocycles. The maximum Gasteiger partial charge on any atom is 0.328 e. The Hall–Kier alpha value is -0.950. The van der Waals surface area contributed by atoms with Crippen LogP contribution in [0.4, 0.5) is 0 Å². The first kappa shape index (κ1) is 15.0. The van der Waals surface area contributed by atoms with E-state index >= 15 is 0 Å². The van der Waals surface area contributed by atoms with Crippen LogP contribution >= 0.6 is 0 Å². The number of ketones is 1. The van der Waals surface area contributed by atoms with Crippen molar-refractivity contribution in [3.8, 4) is 0 Å². The minimum Gasteiger partial charge on any atom is -0.480 e. The Kier molecular flexibility index (Phi) is 4.63. The topological polar surface area (TPSA) is 109 Å². The molecular weight excluding hydrogens is 236 g/mol. The molecule has 0 aromatic carbocycles. The van der Waals surface area contributed by atoms with Crippen LogP contribution in [0.25, 0.3) is 0 Å². The van der Waals surface area contributed by atoms with Gasteiger partial charge in [0.2, 0.25) is 4.75 Å². The number of carbonyl (C=O) groups excluding carboxylic acids is 1. The van der Waals surface area contributed by atoms with Gasteiger partial charge in [-0.2, -0.15) is 8.42 Å². The average molecular weight is 252 g/mol. The first-order valence-corrected chi connectivity index (χ1v) is 6.17. The van der Waals surface area contributed by atoms with Crippen molar-refractivity contribution >= 4 is 21.9 Å². The zero-order chi connectivity index (χ0) is 13.1. The molecule has 0 fully saturated rings. The number of carbonyl (C=O) groups is 2. The van der Waals surface area contributed by atoms with E-state index in [0.717, 1.165) is 6.92 Å². The molecule has 0 amide bonds. The highest BCUT2D eigenvalue weighted by Crippen LogP contribution is 2.30. The van der Waals surface area contributed by atoms with Gasteiger partial charge in [-0.1, -0.05) is 13.8 Å². The fourth-order valence-corrected chi connectivity index (χ4v) is 2.75. The zero-order valence-corrected chi connectivity index (χ0v) is 10.2. The lowest BCUT2D eigenvalue weighted by molar-refractivity contribution is -0.142. The van der Waals surface area contributed by atoms with Crippen molar-refractivity contribution in [3.63, 3.8) is 0 Å². The van der Waals surface area contributed by atoms with Crippen LogP contribution in [0.1, 0.15) is 33.6 Å². The third kappa shape index (κ3) is 3.28. The summed E-state index contributed by atoms with van der Waals surface area (Å²) in [6.07, 6.45) is -1.03. The van der Waals surface area contributed by atoms with E-state index in [4.69, 9.17) is 9.66 Å². The number of carboxylic acid groups (broad SMARTS) is 1. The molecule has 0 rings (SSSR count). The van der Waals surface area contributed by atoms with Crippen molar-refractivity contribution < 1.29 is 27.7 Å². The van der Waals surface area contributed by atoms with Gasteiger partial charge >= 0.3 is 5.97 Å². The predicted molar refractivity (Wildman–Crippen MR) is 56.7 cm³/mol. The summed E-state index contributed by atoms with van der Waals surface area (Å²) in [5, 5.41) is 8.97. The summed E-state index contributed by atoms with van der Waals surface area (Å²) in [5.74, 6) is -2.57. The molecule has 0 spiro atoms. The number of hydrogen-bond donors (Lipinski definition) is 2. The highest BCUT2D eigenvalue weighted by molar-refractivity contribution is 7.88. The molecule has 0 aliphatic carbocycles. The Morgan fingerprint density at radius 2 is 1.75 bits per heavy atom. The fourth-order valence-electron chi connectivity index (χ4n) is 1.60. The van der Waals surface area contributed by atoms with E-state index in [1.165, 1.54) is 0 Å². The zero-order valence-electron chi connectivity index (χ0n) is 9.43. The molecule has 1 unspecified atom stereocenters. The van der Waals surface area contributed by atoms with Crippen molar-refractivity contribution in [1.29, 1.82) is 0 Å². The lowest BCUT2D eigenvalue weighted by atomic mass is 9.92. The molecule has 1 atom stereocenters. The summed E-state index contributed by atoms with van der Waals surface area (Å²) < 4.78 is 29.0. The molecule has 6 nitrogen and oxygen atoms in total. The van der Waals surface area contributed by atoms with Gasteiger partial charge in [0.25, 0.3) is 10.1 Å². The van der Waals surface area contributed by atoms with E-state index in [-0.39, 0.29) is 12.3 Å². The molecule has 0 aromatic heterocycles. The minimum atomic E-state index is -4.84. The first-order valence-electron chi connectivity index (χ1n) is 4.73. The van der Waals surface area contributed by atoms with Crippen LogP contribution in [0, 0.1) is 5.92 Å². The summed E-state index contributed by atoms with van der Waals surface area (Å²) >= 11 is 0. The third-order valence-electron chi connectivity index (χ3n) is 2.16. The van der Waals surface area contributed by atoms with E-state index < -0.39 is 33.0 Å². The normalized spacial score (nSPS) is 15.8. The summed E-state index contributed by atoms with van der Waals surface area (Å²) in [6, 6.07) is 0. The van der Waals surface area contributed by atoms with Gasteiger partial charge in [-0.25, -0.2) is 0 Å². The number of Topliss-reactive ketones (excluding diaryl/α,β-unsaturated/α-hetero) is 1. The lowest BCUT2D eigenvalue weighted by Gasteiger charge is -2.26. The molecule has 0 saturated heterocycles. The molecule has 0 aliphatic rings. The van der Waals surface area contributed by atoms with Crippen LogP contribution in [-0.2, 0) is 19.7 Å². The van der Waals surface area contributed by atoms with Crippen molar-refractivity contribution in [2.75, 3.05) is 0 Å². The molecule has 7 heteroatoms. The molecule has 2 N–H and O–H groups in total. The molecule has 0 saturated carbocycles. The molecule has 0 heterocycles. The van der Waals surface area contributed by atoms with Crippen molar-refractivity contribution in [2.45, 2.75) is 38.4 Å². The third-order valence-corrected chi connectivity index (χ3v) is 3.63.